The number of anilines is 1. The van der Waals surface area contributed by atoms with Crippen molar-refractivity contribution < 1.29 is 4.74 Å². The summed E-state index contributed by atoms with van der Waals surface area (Å²) in [6.45, 7) is 0. The first-order valence-electron chi connectivity index (χ1n) is 9.93. The van der Waals surface area contributed by atoms with Crippen molar-refractivity contribution in [3.63, 3.8) is 0 Å². The standard InChI is InChI=1S/C24H23N3O/c1-2-10-19(11-3-1)28-20-14-17-15-22(21-12-6-7-13-25-21)27-24(17)23(16-20)26-18-8-4-5-9-18/h1-3,6-7,10-16,18,26-27H,4-5,8-9H2. The molecule has 0 bridgehead atoms. The average Bonchev–Trinajstić information content (AvgIpc) is 3.39. The first kappa shape index (κ1) is 16.9. The van der Waals surface area contributed by atoms with Gasteiger partial charge in [0.2, 0.25) is 0 Å². The molecule has 2 aromatic heterocycles. The van der Waals surface area contributed by atoms with Gasteiger partial charge < -0.3 is 15.0 Å². The quantitative estimate of drug-likeness (QED) is 0.429. The zero-order valence-corrected chi connectivity index (χ0v) is 15.7. The Balaban J connectivity index is 1.57. The van der Waals surface area contributed by atoms with E-state index in [1.165, 1.54) is 25.7 Å². The fourth-order valence-corrected chi connectivity index (χ4v) is 3.96. The number of hydrogen-bond acceptors (Lipinski definition) is 3. The summed E-state index contributed by atoms with van der Waals surface area (Å²) in [5.74, 6) is 1.68. The highest BCUT2D eigenvalue weighted by Gasteiger charge is 2.18. The molecule has 0 unspecified atom stereocenters. The van der Waals surface area contributed by atoms with Gasteiger partial charge >= 0.3 is 0 Å². The number of pyridine rings is 1. The van der Waals surface area contributed by atoms with E-state index in [4.69, 9.17) is 4.74 Å². The fourth-order valence-electron chi connectivity index (χ4n) is 3.96. The monoisotopic (exact) mass is 369 g/mol. The van der Waals surface area contributed by atoms with E-state index in [9.17, 15) is 0 Å². The van der Waals surface area contributed by atoms with Gasteiger partial charge in [-0.05, 0) is 49.2 Å². The van der Waals surface area contributed by atoms with Crippen LogP contribution in [0.1, 0.15) is 25.7 Å². The van der Waals surface area contributed by atoms with Gasteiger partial charge in [-0.1, -0.05) is 37.1 Å². The number of aromatic nitrogens is 2. The predicted octanol–water partition coefficient (Wildman–Crippen LogP) is 6.38. The van der Waals surface area contributed by atoms with Crippen LogP contribution in [0.5, 0.6) is 11.5 Å². The van der Waals surface area contributed by atoms with Crippen LogP contribution in [0.4, 0.5) is 5.69 Å². The third kappa shape index (κ3) is 3.46. The van der Waals surface area contributed by atoms with Crippen LogP contribution in [0.2, 0.25) is 0 Å². The van der Waals surface area contributed by atoms with E-state index in [1.807, 2.05) is 54.7 Å². The molecular formula is C24H23N3O. The second kappa shape index (κ2) is 7.39. The number of para-hydroxylation sites is 1. The molecule has 1 aliphatic carbocycles. The number of fused-ring (bicyclic) bond motifs is 1. The fraction of sp³-hybridized carbons (Fsp3) is 0.208. The van der Waals surface area contributed by atoms with E-state index in [-0.39, 0.29) is 0 Å². The Morgan fingerprint density at radius 1 is 0.893 bits per heavy atom. The highest BCUT2D eigenvalue weighted by molar-refractivity contribution is 5.96. The lowest BCUT2D eigenvalue weighted by Gasteiger charge is -2.16. The summed E-state index contributed by atoms with van der Waals surface area (Å²) in [4.78, 5) is 8.05. The first-order chi connectivity index (χ1) is 13.8. The Morgan fingerprint density at radius 3 is 2.50 bits per heavy atom. The van der Waals surface area contributed by atoms with Gasteiger partial charge in [0, 0.05) is 23.7 Å². The summed E-state index contributed by atoms with van der Waals surface area (Å²) < 4.78 is 6.14. The first-order valence-corrected chi connectivity index (χ1v) is 9.93. The lowest BCUT2D eigenvalue weighted by Crippen LogP contribution is -2.14. The molecule has 0 radical (unpaired) electrons. The number of nitrogens with one attached hydrogen (secondary N) is 2. The lowest BCUT2D eigenvalue weighted by molar-refractivity contribution is 0.483. The van der Waals surface area contributed by atoms with Crippen molar-refractivity contribution in [3.05, 3.63) is 72.9 Å². The molecule has 0 aliphatic heterocycles. The van der Waals surface area contributed by atoms with E-state index in [2.05, 4.69) is 33.5 Å². The zero-order valence-electron chi connectivity index (χ0n) is 15.7. The number of H-pyrrole nitrogens is 1. The Hall–Kier alpha value is -3.27. The van der Waals surface area contributed by atoms with Crippen molar-refractivity contribution in [1.82, 2.24) is 9.97 Å². The van der Waals surface area contributed by atoms with Crippen LogP contribution >= 0.6 is 0 Å². The third-order valence-corrected chi connectivity index (χ3v) is 5.34. The number of ether oxygens (including phenoxy) is 1. The molecule has 4 aromatic rings. The summed E-state index contributed by atoms with van der Waals surface area (Å²) in [5, 5.41) is 4.86. The van der Waals surface area contributed by atoms with E-state index in [1.54, 1.807) is 0 Å². The van der Waals surface area contributed by atoms with Gasteiger partial charge in [-0.2, -0.15) is 0 Å². The maximum atomic E-state index is 6.14. The minimum atomic E-state index is 0.525. The molecule has 2 heterocycles. The predicted molar refractivity (Wildman–Crippen MR) is 114 cm³/mol. The van der Waals surface area contributed by atoms with E-state index in [0.29, 0.717) is 6.04 Å². The number of nitrogens with zero attached hydrogens (tertiary/aromatic N) is 1. The number of aromatic amines is 1. The summed E-state index contributed by atoms with van der Waals surface area (Å²) in [6.07, 6.45) is 6.86. The Kier molecular flexibility index (Phi) is 4.45. The van der Waals surface area contributed by atoms with Gasteiger partial charge in [0.1, 0.15) is 11.5 Å². The molecule has 4 nitrogen and oxygen atoms in total. The van der Waals surface area contributed by atoms with Crippen LogP contribution in [0.15, 0.2) is 72.9 Å². The third-order valence-electron chi connectivity index (χ3n) is 5.34. The molecule has 1 aliphatic rings. The molecule has 4 heteroatoms. The van der Waals surface area contributed by atoms with Gasteiger partial charge in [0.25, 0.3) is 0 Å². The molecular weight excluding hydrogens is 346 g/mol. The van der Waals surface area contributed by atoms with E-state index in [0.717, 1.165) is 39.5 Å². The van der Waals surface area contributed by atoms with Crippen LogP contribution in [-0.2, 0) is 0 Å². The van der Waals surface area contributed by atoms with E-state index >= 15 is 0 Å². The van der Waals surface area contributed by atoms with Crippen LogP contribution in [0.3, 0.4) is 0 Å². The highest BCUT2D eigenvalue weighted by atomic mass is 16.5. The topological polar surface area (TPSA) is 49.9 Å². The molecule has 2 N–H and O–H groups in total. The van der Waals surface area contributed by atoms with Crippen molar-refractivity contribution >= 4 is 16.6 Å². The summed E-state index contributed by atoms with van der Waals surface area (Å²) in [6, 6.07) is 22.8. The minimum absolute atomic E-state index is 0.525. The average molecular weight is 369 g/mol. The molecule has 1 fully saturated rings. The molecule has 0 saturated heterocycles. The molecule has 0 atom stereocenters. The second-order valence-electron chi connectivity index (χ2n) is 7.37. The SMILES string of the molecule is c1ccc(Oc2cc(NC3CCCC3)c3[nH]c(-c4ccccn4)cc3c2)cc1. The summed E-state index contributed by atoms with van der Waals surface area (Å²) >= 11 is 0. The Morgan fingerprint density at radius 2 is 1.71 bits per heavy atom. The Bertz CT molecular complexity index is 1070. The summed E-state index contributed by atoms with van der Waals surface area (Å²) in [5.41, 5.74) is 4.16. The van der Waals surface area contributed by atoms with Gasteiger partial charge in [0.05, 0.1) is 22.6 Å². The van der Waals surface area contributed by atoms with Crippen molar-refractivity contribution in [2.24, 2.45) is 0 Å². The van der Waals surface area contributed by atoms with Crippen LogP contribution in [-0.4, -0.2) is 16.0 Å². The molecule has 2 aromatic carbocycles. The summed E-state index contributed by atoms with van der Waals surface area (Å²) in [7, 11) is 0. The zero-order chi connectivity index (χ0) is 18.8. The number of benzene rings is 2. The van der Waals surface area contributed by atoms with Crippen molar-refractivity contribution in [3.8, 4) is 22.9 Å². The van der Waals surface area contributed by atoms with Crippen LogP contribution in [0.25, 0.3) is 22.3 Å². The van der Waals surface area contributed by atoms with Crippen molar-refractivity contribution in [2.45, 2.75) is 31.7 Å². The minimum Gasteiger partial charge on any atom is -0.457 e. The normalized spacial score (nSPS) is 14.4. The van der Waals surface area contributed by atoms with E-state index < -0.39 is 0 Å². The maximum Gasteiger partial charge on any atom is 0.130 e. The van der Waals surface area contributed by atoms with Crippen molar-refractivity contribution in [2.75, 3.05) is 5.32 Å². The lowest BCUT2D eigenvalue weighted by atomic mass is 10.1. The number of rotatable bonds is 5. The smallest absolute Gasteiger partial charge is 0.130 e. The molecule has 140 valence electrons. The Labute approximate surface area is 164 Å². The van der Waals surface area contributed by atoms with Crippen molar-refractivity contribution in [1.29, 1.82) is 0 Å². The molecule has 0 amide bonds. The van der Waals surface area contributed by atoms with Gasteiger partial charge in [-0.15, -0.1) is 0 Å². The molecule has 28 heavy (non-hydrogen) atoms. The molecule has 5 rings (SSSR count). The highest BCUT2D eigenvalue weighted by Crippen LogP contribution is 2.35. The van der Waals surface area contributed by atoms with Gasteiger partial charge in [0.15, 0.2) is 0 Å². The maximum absolute atomic E-state index is 6.14. The number of hydrogen-bond donors (Lipinski definition) is 2. The molecule has 1 saturated carbocycles. The van der Waals surface area contributed by atoms with Gasteiger partial charge in [-0.25, -0.2) is 0 Å². The van der Waals surface area contributed by atoms with Gasteiger partial charge in [-0.3, -0.25) is 4.98 Å². The largest absolute Gasteiger partial charge is 0.457 e. The molecule has 0 spiro atoms. The van der Waals surface area contributed by atoms with Crippen LogP contribution < -0.4 is 10.1 Å². The second-order valence-corrected chi connectivity index (χ2v) is 7.37. The van der Waals surface area contributed by atoms with Crippen LogP contribution in [0, 0.1) is 0 Å².